The van der Waals surface area contributed by atoms with Gasteiger partial charge in [0.05, 0.1) is 26.5 Å². The Hall–Kier alpha value is -2.74. The molecular formula is C19H22F2N2O4. The lowest BCUT2D eigenvalue weighted by Crippen LogP contribution is -2.27. The fourth-order valence-corrected chi connectivity index (χ4v) is 2.83. The summed E-state index contributed by atoms with van der Waals surface area (Å²) in [7, 11) is 4.48. The zero-order chi connectivity index (χ0) is 20.0. The molecule has 1 aromatic carbocycles. The molecule has 1 unspecified atom stereocenters. The highest BCUT2D eigenvalue weighted by Gasteiger charge is 2.23. The molecule has 0 aliphatic rings. The van der Waals surface area contributed by atoms with Crippen LogP contribution in [0.2, 0.25) is 0 Å². The molecule has 6 nitrogen and oxygen atoms in total. The fraction of sp³-hybridized carbons (Fsp3) is 0.368. The molecule has 8 heteroatoms. The predicted octanol–water partition coefficient (Wildman–Crippen LogP) is 2.68. The summed E-state index contributed by atoms with van der Waals surface area (Å²) >= 11 is 0. The van der Waals surface area contributed by atoms with Crippen molar-refractivity contribution in [1.82, 2.24) is 4.98 Å². The third-order valence-corrected chi connectivity index (χ3v) is 4.20. The first kappa shape index (κ1) is 20.6. The first-order valence-corrected chi connectivity index (χ1v) is 8.27. The maximum atomic E-state index is 14.4. The third kappa shape index (κ3) is 4.91. The Labute approximate surface area is 156 Å². The van der Waals surface area contributed by atoms with Gasteiger partial charge in [-0.1, -0.05) is 0 Å². The molecule has 0 saturated heterocycles. The second kappa shape index (κ2) is 9.27. The highest BCUT2D eigenvalue weighted by Crippen LogP contribution is 2.30. The van der Waals surface area contributed by atoms with Gasteiger partial charge in [0.2, 0.25) is 0 Å². The van der Waals surface area contributed by atoms with Gasteiger partial charge >= 0.3 is 0 Å². The highest BCUT2D eigenvalue weighted by molar-refractivity contribution is 5.53. The zero-order valence-corrected chi connectivity index (χ0v) is 15.4. The molecule has 0 aliphatic carbocycles. The number of aromatic nitrogens is 1. The van der Waals surface area contributed by atoms with E-state index in [2.05, 4.69) is 4.98 Å². The van der Waals surface area contributed by atoms with Crippen molar-refractivity contribution in [2.75, 3.05) is 32.7 Å². The Morgan fingerprint density at radius 3 is 2.26 bits per heavy atom. The molecule has 27 heavy (non-hydrogen) atoms. The van der Waals surface area contributed by atoms with Gasteiger partial charge in [-0.25, -0.2) is 13.8 Å². The Morgan fingerprint density at radius 1 is 1.15 bits per heavy atom. The van der Waals surface area contributed by atoms with Crippen LogP contribution in [0.5, 0.6) is 11.5 Å². The second-order valence-corrected chi connectivity index (χ2v) is 6.00. The number of methoxy groups -OCH3 is 2. The van der Waals surface area contributed by atoms with Crippen LogP contribution in [0.15, 0.2) is 24.3 Å². The number of benzene rings is 1. The minimum Gasteiger partial charge on any atom is -0.497 e. The smallest absolute Gasteiger partial charge is 0.133 e. The number of rotatable bonds is 9. The highest BCUT2D eigenvalue weighted by atomic mass is 19.1. The first-order chi connectivity index (χ1) is 12.9. The number of ether oxygens (including phenoxy) is 2. The number of nitrogens with zero attached hydrogens (tertiary/aromatic N) is 2. The molecule has 0 fully saturated rings. The Kier molecular flexibility index (Phi) is 7.06. The van der Waals surface area contributed by atoms with Crippen LogP contribution in [-0.2, 0) is 11.4 Å². The van der Waals surface area contributed by atoms with Crippen LogP contribution in [-0.4, -0.2) is 44.2 Å². The molecule has 0 radical (unpaired) electrons. The minimum absolute atomic E-state index is 0.0639. The van der Waals surface area contributed by atoms with Gasteiger partial charge in [-0.2, -0.15) is 0 Å². The van der Waals surface area contributed by atoms with E-state index in [0.717, 1.165) is 12.1 Å². The van der Waals surface area contributed by atoms with Crippen molar-refractivity contribution >= 4 is 12.1 Å². The van der Waals surface area contributed by atoms with Crippen LogP contribution in [0.3, 0.4) is 0 Å². The van der Waals surface area contributed by atoms with E-state index in [1.54, 1.807) is 24.1 Å². The predicted molar refractivity (Wildman–Crippen MR) is 96.3 cm³/mol. The number of halogens is 2. The third-order valence-electron chi connectivity index (χ3n) is 4.20. The van der Waals surface area contributed by atoms with Gasteiger partial charge in [-0.15, -0.1) is 0 Å². The number of aldehydes is 1. The number of hydrogen-bond donors (Lipinski definition) is 1. The van der Waals surface area contributed by atoms with E-state index in [4.69, 9.17) is 9.47 Å². The van der Waals surface area contributed by atoms with Crippen LogP contribution in [0, 0.1) is 11.6 Å². The van der Waals surface area contributed by atoms with Crippen molar-refractivity contribution in [3.8, 4) is 11.5 Å². The lowest BCUT2D eigenvalue weighted by Gasteiger charge is -2.25. The van der Waals surface area contributed by atoms with Crippen molar-refractivity contribution in [1.29, 1.82) is 0 Å². The SMILES string of the molecule is COc1cc(CO)nc(N(C)CC(CC=O)c2c(F)cc(OC)cc2F)c1. The van der Waals surface area contributed by atoms with Gasteiger partial charge in [-0.05, 0) is 0 Å². The molecule has 146 valence electrons. The molecule has 1 atom stereocenters. The number of carbonyl (C=O) groups excluding carboxylic acids is 1. The maximum absolute atomic E-state index is 14.4. The van der Waals surface area contributed by atoms with E-state index in [-0.39, 0.29) is 30.9 Å². The lowest BCUT2D eigenvalue weighted by molar-refractivity contribution is -0.108. The second-order valence-electron chi connectivity index (χ2n) is 6.00. The quantitative estimate of drug-likeness (QED) is 0.675. The largest absolute Gasteiger partial charge is 0.497 e. The average Bonchev–Trinajstić information content (AvgIpc) is 2.66. The van der Waals surface area contributed by atoms with Crippen molar-refractivity contribution < 1.29 is 28.2 Å². The van der Waals surface area contributed by atoms with Crippen molar-refractivity contribution in [2.45, 2.75) is 18.9 Å². The summed E-state index contributed by atoms with van der Waals surface area (Å²) in [6.45, 7) is -0.151. The molecule has 0 amide bonds. The van der Waals surface area contributed by atoms with Crippen molar-refractivity contribution in [3.05, 3.63) is 47.2 Å². The van der Waals surface area contributed by atoms with E-state index in [0.29, 0.717) is 23.5 Å². The summed E-state index contributed by atoms with van der Waals surface area (Å²) in [5, 5.41) is 9.34. The minimum atomic E-state index is -0.776. The van der Waals surface area contributed by atoms with Gasteiger partial charge in [0.15, 0.2) is 0 Å². The van der Waals surface area contributed by atoms with Gasteiger partial charge in [0.25, 0.3) is 0 Å². The molecular weight excluding hydrogens is 358 g/mol. The summed E-state index contributed by atoms with van der Waals surface area (Å²) in [4.78, 5) is 17.0. The molecule has 2 rings (SSSR count). The summed E-state index contributed by atoms with van der Waals surface area (Å²) in [5.41, 5.74) is 0.213. The Bertz CT molecular complexity index is 756. The number of aliphatic hydroxyl groups is 1. The van der Waals surface area contributed by atoms with Gasteiger partial charge in [-0.3, -0.25) is 0 Å². The molecule has 1 N–H and O–H groups in total. The van der Waals surface area contributed by atoms with Crippen molar-refractivity contribution in [2.24, 2.45) is 0 Å². The van der Waals surface area contributed by atoms with Crippen LogP contribution < -0.4 is 14.4 Å². The topological polar surface area (TPSA) is 71.9 Å². The molecule has 0 bridgehead atoms. The molecule has 2 aromatic rings. The lowest BCUT2D eigenvalue weighted by atomic mass is 9.94. The van der Waals surface area contributed by atoms with Crippen LogP contribution >= 0.6 is 0 Å². The summed E-state index contributed by atoms with van der Waals surface area (Å²) < 4.78 is 38.9. The Morgan fingerprint density at radius 2 is 1.74 bits per heavy atom. The van der Waals surface area contributed by atoms with Crippen molar-refractivity contribution in [3.63, 3.8) is 0 Å². The molecule has 0 aliphatic heterocycles. The standard InChI is InChI=1S/C19H22F2N2O4/c1-23(18-9-14(26-2)6-13(11-25)22-18)10-12(4-5-24)19-16(20)7-15(27-3)8-17(19)21/h5-9,12,25H,4,10-11H2,1-3H3. The number of hydrogen-bond acceptors (Lipinski definition) is 6. The van der Waals surface area contributed by atoms with Gasteiger partial charge < -0.3 is 24.3 Å². The number of anilines is 1. The summed E-state index contributed by atoms with van der Waals surface area (Å²) in [6.07, 6.45) is 0.557. The molecule has 1 heterocycles. The van der Waals surface area contributed by atoms with E-state index in [1.807, 2.05) is 0 Å². The normalized spacial score (nSPS) is 11.8. The monoisotopic (exact) mass is 380 g/mol. The Balaban J connectivity index is 2.35. The summed E-state index contributed by atoms with van der Waals surface area (Å²) in [6, 6.07) is 5.40. The van der Waals surface area contributed by atoms with Crippen LogP contribution in [0.25, 0.3) is 0 Å². The van der Waals surface area contributed by atoms with E-state index in [1.165, 1.54) is 14.2 Å². The average molecular weight is 380 g/mol. The maximum Gasteiger partial charge on any atom is 0.133 e. The van der Waals surface area contributed by atoms with Crippen LogP contribution in [0.4, 0.5) is 14.6 Å². The molecule has 1 aromatic heterocycles. The van der Waals surface area contributed by atoms with Crippen LogP contribution in [0.1, 0.15) is 23.6 Å². The number of pyridine rings is 1. The number of likely N-dealkylation sites (N-methyl/N-ethyl adjacent to an activating group) is 1. The van der Waals surface area contributed by atoms with E-state index >= 15 is 0 Å². The van der Waals surface area contributed by atoms with Gasteiger partial charge in [0, 0.05) is 55.8 Å². The fourth-order valence-electron chi connectivity index (χ4n) is 2.83. The number of aliphatic hydroxyl groups excluding tert-OH is 1. The molecule has 0 saturated carbocycles. The zero-order valence-electron chi connectivity index (χ0n) is 15.4. The van der Waals surface area contributed by atoms with E-state index in [9.17, 15) is 18.7 Å². The summed E-state index contributed by atoms with van der Waals surface area (Å²) in [5.74, 6) is -1.28. The first-order valence-electron chi connectivity index (χ1n) is 8.27. The van der Waals surface area contributed by atoms with E-state index < -0.39 is 17.6 Å². The molecule has 0 spiro atoms. The van der Waals surface area contributed by atoms with Gasteiger partial charge in [0.1, 0.15) is 35.2 Å². The number of carbonyl (C=O) groups is 1.